The molecule has 3 aromatic carbocycles. The molecule has 1 atom stereocenters. The Hall–Kier alpha value is -2.52. The van der Waals surface area contributed by atoms with Crippen LogP contribution < -0.4 is 15.5 Å². The minimum Gasteiger partial charge on any atom is -0.378 e. The highest BCUT2D eigenvalue weighted by Gasteiger charge is 2.30. The van der Waals surface area contributed by atoms with Crippen LogP contribution in [-0.4, -0.2) is 20.6 Å². The molecule has 2 N–H and O–H groups in total. The third kappa shape index (κ3) is 2.33. The predicted octanol–water partition coefficient (Wildman–Crippen LogP) is 3.93. The summed E-state index contributed by atoms with van der Waals surface area (Å²) in [5, 5.41) is 2.65. The Bertz CT molecular complexity index is 885. The minimum atomic E-state index is 0.238. The Labute approximate surface area is 143 Å². The second-order valence-electron chi connectivity index (χ2n) is 6.65. The molecule has 0 amide bonds. The molecule has 0 aliphatic carbocycles. The van der Waals surface area contributed by atoms with Crippen molar-refractivity contribution in [1.82, 2.24) is 0 Å². The van der Waals surface area contributed by atoms with E-state index in [2.05, 4.69) is 84.6 Å². The molecule has 0 saturated heterocycles. The zero-order chi connectivity index (χ0) is 16.7. The van der Waals surface area contributed by atoms with Crippen molar-refractivity contribution >= 4 is 22.1 Å². The number of fused-ring (bicyclic) bond motifs is 3. The average molecular weight is 317 g/mol. The number of hydrogen-bond donors (Lipinski definition) is 1. The first kappa shape index (κ1) is 15.0. The SMILES string of the molecule is CN(C)c1cccc(N2Cc3c(ccc4ccccc34)C2CN)c1. The van der Waals surface area contributed by atoms with Gasteiger partial charge in [-0.25, -0.2) is 0 Å². The molecule has 24 heavy (non-hydrogen) atoms. The zero-order valence-corrected chi connectivity index (χ0v) is 14.2. The number of nitrogens with zero attached hydrogens (tertiary/aromatic N) is 2. The smallest absolute Gasteiger partial charge is 0.0672 e. The summed E-state index contributed by atoms with van der Waals surface area (Å²) >= 11 is 0. The van der Waals surface area contributed by atoms with Gasteiger partial charge in [0.05, 0.1) is 6.04 Å². The summed E-state index contributed by atoms with van der Waals surface area (Å²) in [6, 6.07) is 22.0. The van der Waals surface area contributed by atoms with Gasteiger partial charge in [-0.05, 0) is 40.1 Å². The average Bonchev–Trinajstić information content (AvgIpc) is 3.01. The molecule has 0 radical (unpaired) electrons. The number of nitrogens with two attached hydrogens (primary N) is 1. The molecule has 3 nitrogen and oxygen atoms in total. The summed E-state index contributed by atoms with van der Waals surface area (Å²) in [6.45, 7) is 1.53. The van der Waals surface area contributed by atoms with E-state index in [1.165, 1.54) is 33.3 Å². The molecule has 0 bridgehead atoms. The van der Waals surface area contributed by atoms with Crippen LogP contribution in [0.4, 0.5) is 11.4 Å². The molecular weight excluding hydrogens is 294 g/mol. The van der Waals surface area contributed by atoms with Gasteiger partial charge in [-0.1, -0.05) is 42.5 Å². The fourth-order valence-electron chi connectivity index (χ4n) is 3.77. The molecular formula is C21H23N3. The van der Waals surface area contributed by atoms with Crippen LogP contribution in [0, 0.1) is 0 Å². The lowest BCUT2D eigenvalue weighted by Crippen LogP contribution is -2.27. The van der Waals surface area contributed by atoms with Crippen LogP contribution in [-0.2, 0) is 6.54 Å². The molecule has 122 valence electrons. The van der Waals surface area contributed by atoms with Gasteiger partial charge in [-0.2, -0.15) is 0 Å². The van der Waals surface area contributed by atoms with Crippen molar-refractivity contribution in [3.05, 3.63) is 71.8 Å². The van der Waals surface area contributed by atoms with Gasteiger partial charge in [-0.3, -0.25) is 0 Å². The molecule has 3 aromatic rings. The van der Waals surface area contributed by atoms with Crippen LogP contribution in [0.2, 0.25) is 0 Å². The summed E-state index contributed by atoms with van der Waals surface area (Å²) in [6.07, 6.45) is 0. The Kier molecular flexibility index (Phi) is 3.66. The van der Waals surface area contributed by atoms with Gasteiger partial charge in [0.25, 0.3) is 0 Å². The lowest BCUT2D eigenvalue weighted by molar-refractivity contribution is 0.679. The van der Waals surface area contributed by atoms with Gasteiger partial charge < -0.3 is 15.5 Å². The van der Waals surface area contributed by atoms with E-state index in [4.69, 9.17) is 5.73 Å². The molecule has 1 unspecified atom stereocenters. The van der Waals surface area contributed by atoms with E-state index in [0.29, 0.717) is 6.54 Å². The fourth-order valence-corrected chi connectivity index (χ4v) is 3.77. The highest BCUT2D eigenvalue weighted by Crippen LogP contribution is 2.40. The van der Waals surface area contributed by atoms with Crippen LogP contribution >= 0.6 is 0 Å². The molecule has 4 rings (SSSR count). The highest BCUT2D eigenvalue weighted by atomic mass is 15.2. The van der Waals surface area contributed by atoms with E-state index in [0.717, 1.165) is 6.54 Å². The van der Waals surface area contributed by atoms with Crippen molar-refractivity contribution < 1.29 is 0 Å². The van der Waals surface area contributed by atoms with Crippen LogP contribution in [0.25, 0.3) is 10.8 Å². The van der Waals surface area contributed by atoms with Crippen LogP contribution in [0.1, 0.15) is 17.2 Å². The fraction of sp³-hybridized carbons (Fsp3) is 0.238. The maximum absolute atomic E-state index is 6.17. The number of rotatable bonds is 3. The quantitative estimate of drug-likeness (QED) is 0.794. The summed E-state index contributed by atoms with van der Waals surface area (Å²) in [7, 11) is 4.15. The number of benzene rings is 3. The second-order valence-corrected chi connectivity index (χ2v) is 6.65. The molecule has 3 heteroatoms. The predicted molar refractivity (Wildman–Crippen MR) is 103 cm³/mol. The van der Waals surface area contributed by atoms with E-state index in [-0.39, 0.29) is 6.04 Å². The Morgan fingerprint density at radius 2 is 1.88 bits per heavy atom. The Morgan fingerprint density at radius 3 is 2.67 bits per heavy atom. The minimum absolute atomic E-state index is 0.238. The largest absolute Gasteiger partial charge is 0.378 e. The van der Waals surface area contributed by atoms with E-state index in [1.807, 2.05) is 0 Å². The van der Waals surface area contributed by atoms with Gasteiger partial charge in [0.1, 0.15) is 0 Å². The van der Waals surface area contributed by atoms with Crippen molar-refractivity contribution in [3.8, 4) is 0 Å². The van der Waals surface area contributed by atoms with E-state index >= 15 is 0 Å². The second kappa shape index (κ2) is 5.84. The molecule has 0 aromatic heterocycles. The number of anilines is 2. The van der Waals surface area contributed by atoms with Crippen LogP contribution in [0.3, 0.4) is 0 Å². The third-order valence-electron chi connectivity index (χ3n) is 5.04. The lowest BCUT2D eigenvalue weighted by atomic mass is 9.98. The van der Waals surface area contributed by atoms with Gasteiger partial charge >= 0.3 is 0 Å². The monoisotopic (exact) mass is 317 g/mol. The first-order valence-electron chi connectivity index (χ1n) is 8.43. The highest BCUT2D eigenvalue weighted by molar-refractivity contribution is 5.88. The molecule has 0 fully saturated rings. The summed E-state index contributed by atoms with van der Waals surface area (Å²) in [5.74, 6) is 0. The maximum atomic E-state index is 6.17. The maximum Gasteiger partial charge on any atom is 0.0672 e. The Morgan fingerprint density at radius 1 is 1.04 bits per heavy atom. The van der Waals surface area contributed by atoms with E-state index in [1.54, 1.807) is 0 Å². The van der Waals surface area contributed by atoms with Gasteiger partial charge in [0.15, 0.2) is 0 Å². The van der Waals surface area contributed by atoms with Crippen molar-refractivity contribution in [2.75, 3.05) is 30.4 Å². The van der Waals surface area contributed by atoms with E-state index in [9.17, 15) is 0 Å². The lowest BCUT2D eigenvalue weighted by Gasteiger charge is -2.27. The zero-order valence-electron chi connectivity index (χ0n) is 14.2. The Balaban J connectivity index is 1.81. The summed E-state index contributed by atoms with van der Waals surface area (Å²) in [5.41, 5.74) is 11.4. The summed E-state index contributed by atoms with van der Waals surface area (Å²) < 4.78 is 0. The standard InChI is InChI=1S/C21H23N3/c1-23(2)16-7-5-8-17(12-16)24-14-20-18-9-4-3-6-15(18)10-11-19(20)21(24)13-22/h3-12,21H,13-14,22H2,1-2H3. The van der Waals surface area contributed by atoms with Gasteiger partial charge in [-0.15, -0.1) is 0 Å². The topological polar surface area (TPSA) is 32.5 Å². The molecule has 0 saturated carbocycles. The normalized spacial score (nSPS) is 16.5. The first-order valence-corrected chi connectivity index (χ1v) is 8.43. The van der Waals surface area contributed by atoms with Gasteiger partial charge in [0.2, 0.25) is 0 Å². The molecule has 1 heterocycles. The third-order valence-corrected chi connectivity index (χ3v) is 5.04. The van der Waals surface area contributed by atoms with Gasteiger partial charge in [0, 0.05) is 38.6 Å². The number of hydrogen-bond acceptors (Lipinski definition) is 3. The first-order chi connectivity index (χ1) is 11.7. The molecule has 1 aliphatic rings. The van der Waals surface area contributed by atoms with Crippen molar-refractivity contribution in [2.45, 2.75) is 12.6 Å². The van der Waals surface area contributed by atoms with Crippen molar-refractivity contribution in [1.29, 1.82) is 0 Å². The summed E-state index contributed by atoms with van der Waals surface area (Å²) in [4.78, 5) is 4.57. The van der Waals surface area contributed by atoms with E-state index < -0.39 is 0 Å². The van der Waals surface area contributed by atoms with Crippen LogP contribution in [0.5, 0.6) is 0 Å². The molecule has 1 aliphatic heterocycles. The van der Waals surface area contributed by atoms with Crippen molar-refractivity contribution in [2.24, 2.45) is 5.73 Å². The van der Waals surface area contributed by atoms with Crippen LogP contribution in [0.15, 0.2) is 60.7 Å². The van der Waals surface area contributed by atoms with Crippen molar-refractivity contribution in [3.63, 3.8) is 0 Å². The molecule has 0 spiro atoms.